The quantitative estimate of drug-likeness (QED) is 0.818. The second-order valence-corrected chi connectivity index (χ2v) is 4.40. The fourth-order valence-electron chi connectivity index (χ4n) is 2.21. The van der Waals surface area contributed by atoms with E-state index in [0.717, 1.165) is 18.9 Å². The average Bonchev–Trinajstić information content (AvgIpc) is 2.85. The Balaban J connectivity index is 1.90. The number of fused-ring (bicyclic) bond motifs is 1. The van der Waals surface area contributed by atoms with E-state index >= 15 is 0 Å². The zero-order chi connectivity index (χ0) is 13.4. The number of carboxylic acids is 1. The Kier molecular flexibility index (Phi) is 2.59. The van der Waals surface area contributed by atoms with Crippen LogP contribution in [-0.2, 0) is 13.1 Å². The number of carboxylic acid groups (broad SMARTS) is 1. The van der Waals surface area contributed by atoms with Crippen molar-refractivity contribution < 1.29 is 9.90 Å². The van der Waals surface area contributed by atoms with Gasteiger partial charge in [-0.15, -0.1) is 0 Å². The second kappa shape index (κ2) is 4.27. The summed E-state index contributed by atoms with van der Waals surface area (Å²) in [5.74, 6) is 0.536. The van der Waals surface area contributed by atoms with E-state index in [1.807, 2.05) is 11.1 Å². The number of aromatic carboxylic acids is 1. The summed E-state index contributed by atoms with van der Waals surface area (Å²) in [6, 6.07) is 1.44. The Labute approximate surface area is 109 Å². The van der Waals surface area contributed by atoms with Crippen molar-refractivity contribution in [2.24, 2.45) is 0 Å². The zero-order valence-electron chi connectivity index (χ0n) is 10.2. The molecule has 0 bridgehead atoms. The molecule has 19 heavy (non-hydrogen) atoms. The van der Waals surface area contributed by atoms with E-state index in [0.29, 0.717) is 18.1 Å². The van der Waals surface area contributed by atoms with Crippen molar-refractivity contribution in [3.63, 3.8) is 0 Å². The minimum Gasteiger partial charge on any atom is -0.478 e. The summed E-state index contributed by atoms with van der Waals surface area (Å²) in [6.45, 7) is 2.21. The highest BCUT2D eigenvalue weighted by molar-refractivity contribution is 5.89. The molecule has 0 amide bonds. The first-order chi connectivity index (χ1) is 9.15. The topological polar surface area (TPSA) is 97.3 Å². The van der Waals surface area contributed by atoms with E-state index < -0.39 is 5.97 Å². The number of hydrogen-bond donors (Lipinski definition) is 2. The molecular formula is C12H13N5O2. The molecule has 7 heteroatoms. The molecule has 0 saturated heterocycles. The Bertz CT molecular complexity index is 637. The number of anilines is 2. The lowest BCUT2D eigenvalue weighted by molar-refractivity contribution is 0.0696. The van der Waals surface area contributed by atoms with E-state index in [1.54, 1.807) is 6.20 Å². The van der Waals surface area contributed by atoms with Crippen LogP contribution in [0.15, 0.2) is 24.7 Å². The molecule has 0 unspecified atom stereocenters. The van der Waals surface area contributed by atoms with Gasteiger partial charge in [-0.25, -0.2) is 14.8 Å². The zero-order valence-corrected chi connectivity index (χ0v) is 10.2. The van der Waals surface area contributed by atoms with E-state index in [9.17, 15) is 4.79 Å². The van der Waals surface area contributed by atoms with Crippen LogP contribution in [0.4, 0.5) is 11.5 Å². The summed E-state index contributed by atoms with van der Waals surface area (Å²) in [6.07, 6.45) is 5.04. The van der Waals surface area contributed by atoms with Crippen LogP contribution in [-0.4, -0.2) is 32.2 Å². The SMILES string of the molecule is Nc1cc(C(=O)O)cnc1N1CCn2ccnc2C1. The van der Waals surface area contributed by atoms with Gasteiger partial charge in [-0.2, -0.15) is 0 Å². The van der Waals surface area contributed by atoms with Crippen LogP contribution in [0.25, 0.3) is 0 Å². The lowest BCUT2D eigenvalue weighted by Gasteiger charge is -2.29. The first-order valence-electron chi connectivity index (χ1n) is 5.89. The molecular weight excluding hydrogens is 246 g/mol. The molecule has 98 valence electrons. The molecule has 3 rings (SSSR count). The summed E-state index contributed by atoms with van der Waals surface area (Å²) in [5.41, 5.74) is 6.36. The van der Waals surface area contributed by atoms with Gasteiger partial charge >= 0.3 is 5.97 Å². The molecule has 0 radical (unpaired) electrons. The van der Waals surface area contributed by atoms with Crippen molar-refractivity contribution >= 4 is 17.5 Å². The number of hydrogen-bond acceptors (Lipinski definition) is 5. The molecule has 2 aromatic rings. The predicted molar refractivity (Wildman–Crippen MR) is 68.9 cm³/mol. The molecule has 0 atom stereocenters. The maximum absolute atomic E-state index is 10.8. The summed E-state index contributed by atoms with van der Waals surface area (Å²) in [5, 5.41) is 8.89. The number of pyridine rings is 1. The molecule has 0 aromatic carbocycles. The molecule has 3 N–H and O–H groups in total. The minimum absolute atomic E-state index is 0.0970. The lowest BCUT2D eigenvalue weighted by atomic mass is 10.2. The molecule has 1 aliphatic heterocycles. The van der Waals surface area contributed by atoms with Crippen molar-refractivity contribution in [1.82, 2.24) is 14.5 Å². The van der Waals surface area contributed by atoms with Gasteiger partial charge in [-0.1, -0.05) is 0 Å². The van der Waals surface area contributed by atoms with Crippen molar-refractivity contribution in [2.45, 2.75) is 13.1 Å². The normalized spacial score (nSPS) is 14.2. The number of rotatable bonds is 2. The van der Waals surface area contributed by atoms with Gasteiger partial charge in [0.2, 0.25) is 0 Å². The summed E-state index contributed by atoms with van der Waals surface area (Å²) in [7, 11) is 0. The number of nitrogen functional groups attached to an aromatic ring is 1. The number of aromatic nitrogens is 3. The predicted octanol–water partition coefficient (Wildman–Crippen LogP) is 0.579. The summed E-state index contributed by atoms with van der Waals surface area (Å²) < 4.78 is 2.08. The summed E-state index contributed by atoms with van der Waals surface area (Å²) in [4.78, 5) is 21.3. The van der Waals surface area contributed by atoms with Gasteiger partial charge in [0.15, 0.2) is 5.82 Å². The first kappa shape index (κ1) is 11.5. The van der Waals surface area contributed by atoms with E-state index in [4.69, 9.17) is 10.8 Å². The standard InChI is InChI=1S/C12H13N5O2/c13-9-5-8(12(18)19)6-15-11(9)17-4-3-16-2-1-14-10(16)7-17/h1-2,5-6H,3-4,7,13H2,(H,18,19). The van der Waals surface area contributed by atoms with Crippen LogP contribution < -0.4 is 10.6 Å². The summed E-state index contributed by atoms with van der Waals surface area (Å²) >= 11 is 0. The maximum atomic E-state index is 10.8. The van der Waals surface area contributed by atoms with Crippen molar-refractivity contribution in [3.8, 4) is 0 Å². The van der Waals surface area contributed by atoms with Crippen molar-refractivity contribution in [1.29, 1.82) is 0 Å². The highest BCUT2D eigenvalue weighted by atomic mass is 16.4. The van der Waals surface area contributed by atoms with E-state index in [1.165, 1.54) is 12.3 Å². The fraction of sp³-hybridized carbons (Fsp3) is 0.250. The molecule has 0 saturated carbocycles. The largest absolute Gasteiger partial charge is 0.478 e. The molecule has 2 aromatic heterocycles. The number of imidazole rings is 1. The molecule has 0 fully saturated rings. The fourth-order valence-corrected chi connectivity index (χ4v) is 2.21. The number of nitrogens with zero attached hydrogens (tertiary/aromatic N) is 4. The minimum atomic E-state index is -1.03. The monoisotopic (exact) mass is 259 g/mol. The third-order valence-electron chi connectivity index (χ3n) is 3.19. The maximum Gasteiger partial charge on any atom is 0.337 e. The third kappa shape index (κ3) is 1.99. The Morgan fingerprint density at radius 2 is 2.21 bits per heavy atom. The molecule has 0 aliphatic carbocycles. The Morgan fingerprint density at radius 1 is 1.37 bits per heavy atom. The number of carbonyl (C=O) groups is 1. The first-order valence-corrected chi connectivity index (χ1v) is 5.89. The average molecular weight is 259 g/mol. The van der Waals surface area contributed by atoms with Gasteiger partial charge in [-0.3, -0.25) is 0 Å². The third-order valence-corrected chi connectivity index (χ3v) is 3.19. The van der Waals surface area contributed by atoms with Crippen LogP contribution in [0.3, 0.4) is 0 Å². The van der Waals surface area contributed by atoms with Gasteiger partial charge in [0.05, 0.1) is 17.8 Å². The highest BCUT2D eigenvalue weighted by Gasteiger charge is 2.20. The highest BCUT2D eigenvalue weighted by Crippen LogP contribution is 2.24. The van der Waals surface area contributed by atoms with Gasteiger partial charge in [0.25, 0.3) is 0 Å². The molecule has 7 nitrogen and oxygen atoms in total. The number of nitrogens with two attached hydrogens (primary N) is 1. The lowest BCUT2D eigenvalue weighted by Crippen LogP contribution is -2.34. The van der Waals surface area contributed by atoms with E-state index in [-0.39, 0.29) is 5.56 Å². The molecule has 0 spiro atoms. The van der Waals surface area contributed by atoms with Gasteiger partial charge in [0.1, 0.15) is 5.82 Å². The van der Waals surface area contributed by atoms with Crippen LogP contribution in [0, 0.1) is 0 Å². The van der Waals surface area contributed by atoms with Crippen LogP contribution in [0.2, 0.25) is 0 Å². The van der Waals surface area contributed by atoms with E-state index in [2.05, 4.69) is 14.5 Å². The van der Waals surface area contributed by atoms with Gasteiger partial charge in [0, 0.05) is 31.7 Å². The van der Waals surface area contributed by atoms with Crippen LogP contribution in [0.5, 0.6) is 0 Å². The molecule has 3 heterocycles. The second-order valence-electron chi connectivity index (χ2n) is 4.40. The van der Waals surface area contributed by atoms with Crippen LogP contribution >= 0.6 is 0 Å². The van der Waals surface area contributed by atoms with Crippen LogP contribution in [0.1, 0.15) is 16.2 Å². The van der Waals surface area contributed by atoms with Gasteiger partial charge < -0.3 is 20.3 Å². The van der Waals surface area contributed by atoms with Gasteiger partial charge in [-0.05, 0) is 6.07 Å². The Morgan fingerprint density at radius 3 is 2.95 bits per heavy atom. The smallest absolute Gasteiger partial charge is 0.337 e. The Hall–Kier alpha value is -2.57. The molecule has 1 aliphatic rings. The van der Waals surface area contributed by atoms with Crippen molar-refractivity contribution in [3.05, 3.63) is 36.0 Å². The van der Waals surface area contributed by atoms with Crippen molar-refractivity contribution in [2.75, 3.05) is 17.2 Å².